The van der Waals surface area contributed by atoms with Crippen LogP contribution in [-0.2, 0) is 4.74 Å². The molecule has 3 rings (SSSR count). The maximum atomic E-state index is 12.1. The van der Waals surface area contributed by atoms with Crippen LogP contribution in [0.5, 0.6) is 0 Å². The van der Waals surface area contributed by atoms with Gasteiger partial charge >= 0.3 is 0 Å². The van der Waals surface area contributed by atoms with Gasteiger partial charge < -0.3 is 19.9 Å². The second-order valence-electron chi connectivity index (χ2n) is 6.02. The number of carbonyl (C=O) groups is 1. The Hall–Kier alpha value is -2.57. The molecular weight excluding hydrogens is 318 g/mol. The molecule has 0 aliphatic carbocycles. The molecule has 1 saturated heterocycles. The van der Waals surface area contributed by atoms with Gasteiger partial charge in [-0.2, -0.15) is 0 Å². The van der Waals surface area contributed by atoms with Crippen LogP contribution in [0.4, 0.5) is 11.4 Å². The van der Waals surface area contributed by atoms with Crippen LogP contribution in [0.2, 0.25) is 0 Å². The highest BCUT2D eigenvalue weighted by Gasteiger charge is 2.10. The van der Waals surface area contributed by atoms with Crippen molar-refractivity contribution in [2.45, 2.75) is 13.8 Å². The molecule has 0 unspecified atom stereocenters. The average Bonchev–Trinajstić information content (AvgIpc) is 3.04. The number of rotatable bonds is 6. The first kappa shape index (κ1) is 17.3. The maximum Gasteiger partial charge on any atom is 0.222 e. The van der Waals surface area contributed by atoms with E-state index in [-0.39, 0.29) is 5.78 Å². The Morgan fingerprint density at radius 1 is 1.08 bits per heavy atom. The standard InChI is InChI=1S/C19H23N3O3/c1-14(13-18(23)19-8-3-15(2)25-19)20-16-4-6-17(7-5-16)21-22-9-11-24-12-10-22/h3-8,13,20-21H,9-12H2,1-2H3/b14-13+. The quantitative estimate of drug-likeness (QED) is 0.620. The zero-order chi connectivity index (χ0) is 17.6. The minimum Gasteiger partial charge on any atom is -0.458 e. The number of nitrogens with zero attached hydrogens (tertiary/aromatic N) is 1. The van der Waals surface area contributed by atoms with Crippen molar-refractivity contribution in [2.75, 3.05) is 37.0 Å². The van der Waals surface area contributed by atoms with E-state index in [1.165, 1.54) is 6.08 Å². The van der Waals surface area contributed by atoms with E-state index in [9.17, 15) is 4.79 Å². The Morgan fingerprint density at radius 3 is 2.40 bits per heavy atom. The van der Waals surface area contributed by atoms with Crippen LogP contribution in [0.3, 0.4) is 0 Å². The topological polar surface area (TPSA) is 66.7 Å². The van der Waals surface area contributed by atoms with Crippen molar-refractivity contribution in [2.24, 2.45) is 0 Å². The lowest BCUT2D eigenvalue weighted by Gasteiger charge is -2.28. The Kier molecular flexibility index (Phi) is 5.53. The number of ketones is 1. The summed E-state index contributed by atoms with van der Waals surface area (Å²) in [6.45, 7) is 6.91. The van der Waals surface area contributed by atoms with Crippen molar-refractivity contribution < 1.29 is 13.9 Å². The number of nitrogens with one attached hydrogen (secondary N) is 2. The van der Waals surface area contributed by atoms with Gasteiger partial charge in [0.1, 0.15) is 5.76 Å². The molecule has 0 spiro atoms. The van der Waals surface area contributed by atoms with Crippen LogP contribution in [0.15, 0.2) is 52.6 Å². The minimum atomic E-state index is -0.149. The number of morpholine rings is 1. The lowest BCUT2D eigenvalue weighted by molar-refractivity contribution is 0.0497. The van der Waals surface area contributed by atoms with Gasteiger partial charge in [-0.3, -0.25) is 4.79 Å². The van der Waals surface area contributed by atoms with E-state index in [2.05, 4.69) is 15.8 Å². The number of ether oxygens (including phenoxy) is 1. The molecule has 1 aliphatic heterocycles. The summed E-state index contributed by atoms with van der Waals surface area (Å²) < 4.78 is 10.7. The SMILES string of the molecule is C/C(=C\C(=O)c1ccc(C)o1)Nc1ccc(NN2CCOCC2)cc1. The van der Waals surface area contributed by atoms with Gasteiger partial charge in [-0.05, 0) is 50.2 Å². The van der Waals surface area contributed by atoms with Crippen LogP contribution in [0.1, 0.15) is 23.2 Å². The van der Waals surface area contributed by atoms with E-state index >= 15 is 0 Å². The zero-order valence-corrected chi connectivity index (χ0v) is 14.5. The van der Waals surface area contributed by atoms with Gasteiger partial charge in [-0.15, -0.1) is 0 Å². The monoisotopic (exact) mass is 341 g/mol. The summed E-state index contributed by atoms with van der Waals surface area (Å²) in [7, 11) is 0. The second-order valence-corrected chi connectivity index (χ2v) is 6.02. The second kappa shape index (κ2) is 8.00. The van der Waals surface area contributed by atoms with Crippen molar-refractivity contribution in [3.8, 4) is 0 Å². The number of hydrazine groups is 1. The summed E-state index contributed by atoms with van der Waals surface area (Å²) in [5, 5.41) is 5.36. The number of allylic oxidation sites excluding steroid dienone is 2. The first-order chi connectivity index (χ1) is 12.1. The highest BCUT2D eigenvalue weighted by atomic mass is 16.5. The molecule has 0 bridgehead atoms. The van der Waals surface area contributed by atoms with Gasteiger partial charge in [0.25, 0.3) is 0 Å². The molecule has 0 radical (unpaired) electrons. The third kappa shape index (κ3) is 4.95. The Bertz CT molecular complexity index is 744. The van der Waals surface area contributed by atoms with Crippen molar-refractivity contribution in [3.63, 3.8) is 0 Å². The summed E-state index contributed by atoms with van der Waals surface area (Å²) >= 11 is 0. The van der Waals surface area contributed by atoms with Gasteiger partial charge in [-0.1, -0.05) is 0 Å². The molecule has 132 valence electrons. The molecule has 25 heavy (non-hydrogen) atoms. The van der Waals surface area contributed by atoms with Crippen molar-refractivity contribution >= 4 is 17.2 Å². The summed E-state index contributed by atoms with van der Waals surface area (Å²) in [4.78, 5) is 12.1. The average molecular weight is 341 g/mol. The molecule has 6 nitrogen and oxygen atoms in total. The predicted molar refractivity (Wildman–Crippen MR) is 97.6 cm³/mol. The number of furan rings is 1. The van der Waals surface area contributed by atoms with E-state index in [0.717, 1.165) is 49.1 Å². The summed E-state index contributed by atoms with van der Waals surface area (Å²) in [6, 6.07) is 11.4. The smallest absolute Gasteiger partial charge is 0.222 e. The Morgan fingerprint density at radius 2 is 1.76 bits per heavy atom. The fourth-order valence-corrected chi connectivity index (χ4v) is 2.58. The molecule has 2 aromatic rings. The summed E-state index contributed by atoms with van der Waals surface area (Å²) in [5.74, 6) is 0.929. The molecule has 1 aliphatic rings. The number of hydrogen-bond acceptors (Lipinski definition) is 6. The number of anilines is 2. The molecule has 2 heterocycles. The van der Waals surface area contributed by atoms with Gasteiger partial charge in [0.15, 0.2) is 5.76 Å². The minimum absolute atomic E-state index is 0.149. The first-order valence-corrected chi connectivity index (χ1v) is 8.36. The molecular formula is C19H23N3O3. The van der Waals surface area contributed by atoms with Crippen LogP contribution >= 0.6 is 0 Å². The van der Waals surface area contributed by atoms with Crippen LogP contribution in [0.25, 0.3) is 0 Å². The number of carbonyl (C=O) groups excluding carboxylic acids is 1. The predicted octanol–water partition coefficient (Wildman–Crippen LogP) is 3.45. The van der Waals surface area contributed by atoms with Crippen LogP contribution in [-0.4, -0.2) is 37.1 Å². The van der Waals surface area contributed by atoms with Crippen LogP contribution in [0, 0.1) is 6.92 Å². The van der Waals surface area contributed by atoms with Gasteiger partial charge in [0.05, 0.1) is 13.2 Å². The van der Waals surface area contributed by atoms with E-state index in [1.807, 2.05) is 38.1 Å². The highest BCUT2D eigenvalue weighted by molar-refractivity contribution is 6.03. The highest BCUT2D eigenvalue weighted by Crippen LogP contribution is 2.17. The third-order valence-electron chi connectivity index (χ3n) is 3.86. The number of benzene rings is 1. The Balaban J connectivity index is 1.56. The van der Waals surface area contributed by atoms with E-state index in [1.54, 1.807) is 12.1 Å². The fraction of sp³-hybridized carbons (Fsp3) is 0.316. The molecule has 6 heteroatoms. The molecule has 0 saturated carbocycles. The lowest BCUT2D eigenvalue weighted by Crippen LogP contribution is -2.40. The lowest BCUT2D eigenvalue weighted by atomic mass is 10.2. The van der Waals surface area contributed by atoms with Gasteiger partial charge in [0, 0.05) is 36.2 Å². The van der Waals surface area contributed by atoms with Crippen molar-refractivity contribution in [1.82, 2.24) is 5.01 Å². The molecule has 1 fully saturated rings. The summed E-state index contributed by atoms with van der Waals surface area (Å²) in [6.07, 6.45) is 1.54. The van der Waals surface area contributed by atoms with E-state index in [4.69, 9.17) is 9.15 Å². The normalized spacial score (nSPS) is 15.8. The van der Waals surface area contributed by atoms with Crippen molar-refractivity contribution in [3.05, 3.63) is 59.7 Å². The molecule has 0 atom stereocenters. The fourth-order valence-electron chi connectivity index (χ4n) is 2.58. The van der Waals surface area contributed by atoms with Crippen LogP contribution < -0.4 is 10.7 Å². The van der Waals surface area contributed by atoms with Crippen molar-refractivity contribution in [1.29, 1.82) is 0 Å². The first-order valence-electron chi connectivity index (χ1n) is 8.36. The zero-order valence-electron chi connectivity index (χ0n) is 14.5. The number of hydrogen-bond donors (Lipinski definition) is 2. The van der Waals surface area contributed by atoms with Gasteiger partial charge in [-0.25, -0.2) is 5.01 Å². The van der Waals surface area contributed by atoms with E-state index < -0.39 is 0 Å². The van der Waals surface area contributed by atoms with Gasteiger partial charge in [0.2, 0.25) is 5.78 Å². The Labute approximate surface area is 147 Å². The largest absolute Gasteiger partial charge is 0.458 e. The van der Waals surface area contributed by atoms with E-state index in [0.29, 0.717) is 5.76 Å². The molecule has 1 aromatic carbocycles. The number of aryl methyl sites for hydroxylation is 1. The summed E-state index contributed by atoms with van der Waals surface area (Å²) in [5.41, 5.74) is 6.06. The molecule has 1 aromatic heterocycles. The molecule has 0 amide bonds. The third-order valence-corrected chi connectivity index (χ3v) is 3.86. The molecule has 2 N–H and O–H groups in total. The maximum absolute atomic E-state index is 12.1.